The fourth-order valence-electron chi connectivity index (χ4n) is 3.33. The molecule has 0 N–H and O–H groups in total. The van der Waals surface area contributed by atoms with Crippen LogP contribution < -0.4 is 4.31 Å². The average Bonchev–Trinajstić information content (AvgIpc) is 2.67. The molecule has 1 atom stereocenters. The van der Waals surface area contributed by atoms with E-state index >= 15 is 0 Å². The van der Waals surface area contributed by atoms with Crippen molar-refractivity contribution in [2.45, 2.75) is 11.8 Å². The number of carbonyl (C=O) groups is 1. The van der Waals surface area contributed by atoms with E-state index in [1.807, 2.05) is 30.3 Å². The van der Waals surface area contributed by atoms with E-state index in [-0.39, 0.29) is 12.1 Å². The minimum atomic E-state index is -4.03. The second-order valence-electron chi connectivity index (χ2n) is 6.35. The molecule has 4 nitrogen and oxygen atoms in total. The number of hydrogen-bond donors (Lipinski definition) is 0. The van der Waals surface area contributed by atoms with Crippen molar-refractivity contribution >= 4 is 21.5 Å². The van der Waals surface area contributed by atoms with Gasteiger partial charge in [-0.2, -0.15) is 0 Å². The molecule has 4 rings (SSSR count). The summed E-state index contributed by atoms with van der Waals surface area (Å²) in [5.74, 6) is -0.984. The number of hydrogen-bond acceptors (Lipinski definition) is 3. The van der Waals surface area contributed by atoms with Crippen LogP contribution in [-0.4, -0.2) is 14.2 Å². The molecule has 1 aliphatic rings. The smallest absolute Gasteiger partial charge is 0.250 e. The standard InChI is InChI=1S/C21H16FNO3S/c22-17-12-10-16(11-13-17)21-20(24)18-8-4-5-9-19(18)23(27(21,25)26)14-15-6-2-1-3-7-15/h1-13,21H,14H2. The number of nitrogens with zero attached hydrogens (tertiary/aromatic N) is 1. The maximum Gasteiger partial charge on any atom is 0.250 e. The van der Waals surface area contributed by atoms with Gasteiger partial charge in [-0.1, -0.05) is 54.6 Å². The zero-order chi connectivity index (χ0) is 19.0. The molecule has 136 valence electrons. The van der Waals surface area contributed by atoms with Gasteiger partial charge in [-0.3, -0.25) is 9.10 Å². The first-order valence-corrected chi connectivity index (χ1v) is 9.93. The Morgan fingerprint density at radius 3 is 2.19 bits per heavy atom. The predicted octanol–water partition coefficient (Wildman–Crippen LogP) is 4.10. The SMILES string of the molecule is O=C1c2ccccc2N(Cc2ccccc2)S(=O)(=O)C1c1ccc(F)cc1. The summed E-state index contributed by atoms with van der Waals surface area (Å²) in [6.45, 7) is 0.116. The Labute approximate surface area is 156 Å². The summed E-state index contributed by atoms with van der Waals surface area (Å²) in [6.07, 6.45) is 0. The van der Waals surface area contributed by atoms with E-state index in [1.54, 1.807) is 24.3 Å². The fraction of sp³-hybridized carbons (Fsp3) is 0.0952. The molecular weight excluding hydrogens is 365 g/mol. The quantitative estimate of drug-likeness (QED) is 0.686. The van der Waals surface area contributed by atoms with Crippen molar-refractivity contribution in [3.05, 3.63) is 101 Å². The molecule has 1 aliphatic heterocycles. The van der Waals surface area contributed by atoms with Crippen LogP contribution >= 0.6 is 0 Å². The van der Waals surface area contributed by atoms with E-state index in [2.05, 4.69) is 0 Å². The largest absolute Gasteiger partial charge is 0.292 e. The van der Waals surface area contributed by atoms with Gasteiger partial charge in [0.05, 0.1) is 12.2 Å². The predicted molar refractivity (Wildman–Crippen MR) is 101 cm³/mol. The molecule has 1 unspecified atom stereocenters. The van der Waals surface area contributed by atoms with E-state index in [0.29, 0.717) is 11.3 Å². The van der Waals surface area contributed by atoms with E-state index in [0.717, 1.165) is 5.56 Å². The number of carbonyl (C=O) groups excluding carboxylic acids is 1. The lowest BCUT2D eigenvalue weighted by atomic mass is 10.00. The summed E-state index contributed by atoms with van der Waals surface area (Å²) in [5, 5.41) is -1.39. The molecule has 0 saturated heterocycles. The minimum absolute atomic E-state index is 0.116. The number of halogens is 1. The summed E-state index contributed by atoms with van der Waals surface area (Å²) in [4.78, 5) is 13.0. The second kappa shape index (κ2) is 6.63. The maximum atomic E-state index is 13.4. The Morgan fingerprint density at radius 1 is 0.852 bits per heavy atom. The Morgan fingerprint density at radius 2 is 1.48 bits per heavy atom. The van der Waals surface area contributed by atoms with Crippen molar-refractivity contribution in [2.24, 2.45) is 0 Å². The van der Waals surface area contributed by atoms with Crippen LogP contribution in [0.25, 0.3) is 0 Å². The van der Waals surface area contributed by atoms with E-state index in [4.69, 9.17) is 0 Å². The van der Waals surface area contributed by atoms with Crippen molar-refractivity contribution in [1.82, 2.24) is 0 Å². The third-order valence-corrected chi connectivity index (χ3v) is 6.65. The van der Waals surface area contributed by atoms with Crippen LogP contribution in [0.1, 0.15) is 26.7 Å². The normalized spacial score (nSPS) is 18.2. The van der Waals surface area contributed by atoms with Gasteiger partial charge < -0.3 is 0 Å². The zero-order valence-electron chi connectivity index (χ0n) is 14.2. The lowest BCUT2D eigenvalue weighted by molar-refractivity contribution is 0.0985. The molecule has 0 aromatic heterocycles. The number of ketones is 1. The average molecular weight is 381 g/mol. The van der Waals surface area contributed by atoms with Crippen LogP contribution in [-0.2, 0) is 16.6 Å². The van der Waals surface area contributed by atoms with Crippen LogP contribution in [0.4, 0.5) is 10.1 Å². The highest BCUT2D eigenvalue weighted by Gasteiger charge is 2.45. The van der Waals surface area contributed by atoms with Crippen molar-refractivity contribution in [2.75, 3.05) is 4.31 Å². The van der Waals surface area contributed by atoms with Gasteiger partial charge in [-0.05, 0) is 35.4 Å². The van der Waals surface area contributed by atoms with Crippen molar-refractivity contribution in [3.63, 3.8) is 0 Å². The van der Waals surface area contributed by atoms with Gasteiger partial charge in [-0.25, -0.2) is 12.8 Å². The molecular formula is C21H16FNO3S. The molecule has 1 heterocycles. The molecule has 27 heavy (non-hydrogen) atoms. The van der Waals surface area contributed by atoms with Crippen molar-refractivity contribution < 1.29 is 17.6 Å². The molecule has 0 spiro atoms. The van der Waals surface area contributed by atoms with Gasteiger partial charge in [0.25, 0.3) is 0 Å². The first kappa shape index (κ1) is 17.4. The lowest BCUT2D eigenvalue weighted by Crippen LogP contribution is -2.42. The highest BCUT2D eigenvalue weighted by atomic mass is 32.2. The first-order chi connectivity index (χ1) is 13.0. The van der Waals surface area contributed by atoms with E-state index < -0.39 is 26.9 Å². The molecule has 0 bridgehead atoms. The number of para-hydroxylation sites is 1. The Balaban J connectivity index is 1.88. The van der Waals surface area contributed by atoms with Gasteiger partial charge >= 0.3 is 0 Å². The topological polar surface area (TPSA) is 54.5 Å². The number of fused-ring (bicyclic) bond motifs is 1. The molecule has 0 amide bonds. The number of benzene rings is 3. The van der Waals surface area contributed by atoms with Crippen LogP contribution in [0.2, 0.25) is 0 Å². The van der Waals surface area contributed by atoms with Gasteiger partial charge in [0, 0.05) is 5.56 Å². The zero-order valence-corrected chi connectivity index (χ0v) is 15.1. The Kier molecular flexibility index (Phi) is 4.28. The van der Waals surface area contributed by atoms with Gasteiger partial charge in [0.15, 0.2) is 11.0 Å². The van der Waals surface area contributed by atoms with E-state index in [1.165, 1.54) is 28.6 Å². The third kappa shape index (κ3) is 3.02. The Bertz CT molecular complexity index is 1100. The summed E-state index contributed by atoms with van der Waals surface area (Å²) >= 11 is 0. The number of sulfonamides is 1. The molecule has 3 aromatic carbocycles. The monoisotopic (exact) mass is 381 g/mol. The molecule has 6 heteroatoms. The van der Waals surface area contributed by atoms with Gasteiger partial charge in [0.2, 0.25) is 10.0 Å². The minimum Gasteiger partial charge on any atom is -0.292 e. The third-order valence-electron chi connectivity index (χ3n) is 4.62. The van der Waals surface area contributed by atoms with Crippen LogP contribution in [0.3, 0.4) is 0 Å². The molecule has 0 aliphatic carbocycles. The van der Waals surface area contributed by atoms with Crippen LogP contribution in [0.5, 0.6) is 0 Å². The number of rotatable bonds is 3. The van der Waals surface area contributed by atoms with E-state index in [9.17, 15) is 17.6 Å². The highest BCUT2D eigenvalue weighted by molar-refractivity contribution is 7.93. The molecule has 3 aromatic rings. The summed E-state index contributed by atoms with van der Waals surface area (Å²) in [7, 11) is -4.03. The van der Waals surface area contributed by atoms with Crippen LogP contribution in [0.15, 0.2) is 78.9 Å². The molecule has 0 saturated carbocycles. The fourth-order valence-corrected chi connectivity index (χ4v) is 5.24. The Hall–Kier alpha value is -2.99. The lowest BCUT2D eigenvalue weighted by Gasteiger charge is -2.34. The highest BCUT2D eigenvalue weighted by Crippen LogP contribution is 2.41. The van der Waals surface area contributed by atoms with Crippen molar-refractivity contribution in [3.8, 4) is 0 Å². The number of anilines is 1. The molecule has 0 fully saturated rings. The summed E-state index contributed by atoms with van der Waals surface area (Å²) in [5.41, 5.74) is 1.78. The van der Waals surface area contributed by atoms with Gasteiger partial charge in [0.1, 0.15) is 5.82 Å². The maximum absolute atomic E-state index is 13.4. The van der Waals surface area contributed by atoms with Crippen molar-refractivity contribution in [1.29, 1.82) is 0 Å². The first-order valence-electron chi connectivity index (χ1n) is 8.42. The summed E-state index contributed by atoms with van der Waals surface area (Å²) < 4.78 is 41.3. The number of Topliss-reactive ketones (excluding diaryl/α,β-unsaturated/α-hetero) is 1. The summed E-state index contributed by atoms with van der Waals surface area (Å²) in [6, 6.07) is 20.9. The molecule has 0 radical (unpaired) electrons. The van der Waals surface area contributed by atoms with Crippen LogP contribution in [0, 0.1) is 5.82 Å². The van der Waals surface area contributed by atoms with Gasteiger partial charge in [-0.15, -0.1) is 0 Å². The second-order valence-corrected chi connectivity index (χ2v) is 8.29.